The van der Waals surface area contributed by atoms with Crippen molar-refractivity contribution < 1.29 is 18.7 Å². The molecule has 1 unspecified atom stereocenters. The Kier molecular flexibility index (Phi) is 6.19. The molecule has 2 rings (SSSR count). The van der Waals surface area contributed by atoms with Gasteiger partial charge in [-0.15, -0.1) is 0 Å². The number of halogens is 1. The molecule has 1 atom stereocenters. The maximum absolute atomic E-state index is 13.6. The van der Waals surface area contributed by atoms with Crippen LogP contribution in [-0.2, 0) is 16.1 Å². The van der Waals surface area contributed by atoms with E-state index in [0.29, 0.717) is 12.0 Å². The Labute approximate surface area is 131 Å². The summed E-state index contributed by atoms with van der Waals surface area (Å²) in [4.78, 5) is 12.2. The van der Waals surface area contributed by atoms with Crippen LogP contribution in [0.15, 0.2) is 18.2 Å². The molecule has 0 saturated heterocycles. The van der Waals surface area contributed by atoms with Gasteiger partial charge >= 0.3 is 0 Å². The second kappa shape index (κ2) is 8.13. The summed E-state index contributed by atoms with van der Waals surface area (Å²) in [5.41, 5.74) is 0.697. The van der Waals surface area contributed by atoms with Crippen LogP contribution in [0, 0.1) is 5.82 Å². The fourth-order valence-corrected chi connectivity index (χ4v) is 2.72. The second-order valence-corrected chi connectivity index (χ2v) is 5.63. The maximum Gasteiger partial charge on any atom is 0.249 e. The van der Waals surface area contributed by atoms with Gasteiger partial charge in [0.2, 0.25) is 5.91 Å². The van der Waals surface area contributed by atoms with Crippen LogP contribution in [0.2, 0.25) is 0 Å². The van der Waals surface area contributed by atoms with E-state index in [1.54, 1.807) is 12.1 Å². The highest BCUT2D eigenvalue weighted by atomic mass is 19.1. The summed E-state index contributed by atoms with van der Waals surface area (Å²) in [6.45, 7) is 2.22. The number of amides is 1. The second-order valence-electron chi connectivity index (χ2n) is 5.63. The smallest absolute Gasteiger partial charge is 0.249 e. The van der Waals surface area contributed by atoms with Crippen molar-refractivity contribution in [3.05, 3.63) is 29.6 Å². The monoisotopic (exact) mass is 309 g/mol. The summed E-state index contributed by atoms with van der Waals surface area (Å²) in [5.74, 6) is -0.361. The molecule has 1 aromatic rings. The zero-order valence-corrected chi connectivity index (χ0v) is 13.2. The van der Waals surface area contributed by atoms with Crippen molar-refractivity contribution in [3.63, 3.8) is 0 Å². The molecule has 1 saturated carbocycles. The topological polar surface area (TPSA) is 47.6 Å². The van der Waals surface area contributed by atoms with E-state index in [4.69, 9.17) is 9.47 Å². The average Bonchev–Trinajstić information content (AvgIpc) is 3.03. The van der Waals surface area contributed by atoms with E-state index in [1.807, 2.05) is 6.92 Å². The van der Waals surface area contributed by atoms with Crippen molar-refractivity contribution in [3.8, 4) is 5.75 Å². The summed E-state index contributed by atoms with van der Waals surface area (Å²) in [7, 11) is 1.42. The van der Waals surface area contributed by atoms with Gasteiger partial charge in [0.15, 0.2) is 11.6 Å². The lowest BCUT2D eigenvalue weighted by molar-refractivity contribution is -0.136. The van der Waals surface area contributed by atoms with Crippen molar-refractivity contribution in [2.75, 3.05) is 7.11 Å². The number of ether oxygens (including phenoxy) is 2. The molecule has 1 aliphatic carbocycles. The highest BCUT2D eigenvalue weighted by molar-refractivity contribution is 5.80. The van der Waals surface area contributed by atoms with Crippen LogP contribution in [0.5, 0.6) is 5.75 Å². The number of hydrogen-bond donors (Lipinski definition) is 1. The number of rotatable bonds is 7. The maximum atomic E-state index is 13.6. The molecule has 0 aromatic heterocycles. The van der Waals surface area contributed by atoms with Gasteiger partial charge in [0.25, 0.3) is 0 Å². The summed E-state index contributed by atoms with van der Waals surface area (Å²) in [6.07, 6.45) is 4.84. The molecule has 1 aromatic carbocycles. The first-order valence-electron chi connectivity index (χ1n) is 7.89. The van der Waals surface area contributed by atoms with Crippen molar-refractivity contribution in [1.29, 1.82) is 0 Å². The molecule has 0 aliphatic heterocycles. The summed E-state index contributed by atoms with van der Waals surface area (Å²) < 4.78 is 24.3. The van der Waals surface area contributed by atoms with Crippen molar-refractivity contribution in [1.82, 2.24) is 5.32 Å². The van der Waals surface area contributed by atoms with E-state index < -0.39 is 11.9 Å². The van der Waals surface area contributed by atoms with Gasteiger partial charge in [-0.1, -0.05) is 25.8 Å². The number of hydrogen-bond acceptors (Lipinski definition) is 3. The normalized spacial score (nSPS) is 16.5. The molecular formula is C17H24FNO3. The number of carbonyl (C=O) groups is 1. The quantitative estimate of drug-likeness (QED) is 0.841. The lowest BCUT2D eigenvalue weighted by atomic mass is 10.2. The molecule has 4 nitrogen and oxygen atoms in total. The van der Waals surface area contributed by atoms with E-state index in [1.165, 1.54) is 26.0 Å². The van der Waals surface area contributed by atoms with Gasteiger partial charge in [-0.05, 0) is 37.0 Å². The minimum absolute atomic E-state index is 0.134. The lowest BCUT2D eigenvalue weighted by Crippen LogP contribution is -2.37. The Balaban J connectivity index is 1.86. The van der Waals surface area contributed by atoms with Crippen LogP contribution in [0.3, 0.4) is 0 Å². The third-order valence-corrected chi connectivity index (χ3v) is 4.01. The van der Waals surface area contributed by atoms with Crippen LogP contribution in [0.25, 0.3) is 0 Å². The SMILES string of the molecule is CCC(OC1CCCC1)C(=O)NCc1ccc(OC)c(F)c1. The number of nitrogens with one attached hydrogen (secondary N) is 1. The molecule has 1 amide bonds. The van der Waals surface area contributed by atoms with Crippen molar-refractivity contribution in [2.24, 2.45) is 0 Å². The van der Waals surface area contributed by atoms with Gasteiger partial charge in [-0.3, -0.25) is 4.79 Å². The first-order valence-corrected chi connectivity index (χ1v) is 7.89. The average molecular weight is 309 g/mol. The third-order valence-electron chi connectivity index (χ3n) is 4.01. The summed E-state index contributed by atoms with van der Waals surface area (Å²) in [6, 6.07) is 4.67. The van der Waals surface area contributed by atoms with Gasteiger partial charge in [-0.2, -0.15) is 0 Å². The largest absolute Gasteiger partial charge is 0.494 e. The molecule has 0 bridgehead atoms. The van der Waals surface area contributed by atoms with Crippen LogP contribution < -0.4 is 10.1 Å². The van der Waals surface area contributed by atoms with E-state index in [0.717, 1.165) is 12.8 Å². The molecule has 0 radical (unpaired) electrons. The molecule has 22 heavy (non-hydrogen) atoms. The molecule has 0 spiro atoms. The molecule has 5 heteroatoms. The Morgan fingerprint density at radius 2 is 2.14 bits per heavy atom. The van der Waals surface area contributed by atoms with Crippen molar-refractivity contribution >= 4 is 5.91 Å². The summed E-state index contributed by atoms with van der Waals surface area (Å²) in [5, 5.41) is 2.82. The molecule has 1 fully saturated rings. The zero-order valence-electron chi connectivity index (χ0n) is 13.2. The fourth-order valence-electron chi connectivity index (χ4n) is 2.72. The van der Waals surface area contributed by atoms with Crippen LogP contribution >= 0.6 is 0 Å². The Morgan fingerprint density at radius 1 is 1.41 bits per heavy atom. The van der Waals surface area contributed by atoms with E-state index in [2.05, 4.69) is 5.32 Å². The molecule has 0 heterocycles. The first-order chi connectivity index (χ1) is 10.6. The Hall–Kier alpha value is -1.62. The minimum atomic E-state index is -0.427. The summed E-state index contributed by atoms with van der Waals surface area (Å²) >= 11 is 0. The Bertz CT molecular complexity index is 501. The van der Waals surface area contributed by atoms with E-state index in [9.17, 15) is 9.18 Å². The molecular weight excluding hydrogens is 285 g/mol. The van der Waals surface area contributed by atoms with Crippen molar-refractivity contribution in [2.45, 2.75) is 57.8 Å². The minimum Gasteiger partial charge on any atom is -0.494 e. The molecule has 1 aliphatic rings. The number of benzene rings is 1. The van der Waals surface area contributed by atoms with Gasteiger partial charge in [0, 0.05) is 6.54 Å². The fraction of sp³-hybridized carbons (Fsp3) is 0.588. The highest BCUT2D eigenvalue weighted by Crippen LogP contribution is 2.23. The first kappa shape index (κ1) is 16.7. The highest BCUT2D eigenvalue weighted by Gasteiger charge is 2.24. The van der Waals surface area contributed by atoms with Crippen LogP contribution in [0.4, 0.5) is 4.39 Å². The molecule has 1 N–H and O–H groups in total. The number of methoxy groups -OCH3 is 1. The van der Waals surface area contributed by atoms with E-state index >= 15 is 0 Å². The van der Waals surface area contributed by atoms with E-state index in [-0.39, 0.29) is 24.3 Å². The van der Waals surface area contributed by atoms with Gasteiger partial charge in [0.05, 0.1) is 13.2 Å². The predicted molar refractivity (Wildman–Crippen MR) is 82.2 cm³/mol. The van der Waals surface area contributed by atoms with Gasteiger partial charge < -0.3 is 14.8 Å². The van der Waals surface area contributed by atoms with Gasteiger partial charge in [0.1, 0.15) is 6.10 Å². The molecule has 122 valence electrons. The van der Waals surface area contributed by atoms with Crippen LogP contribution in [0.1, 0.15) is 44.6 Å². The predicted octanol–water partition coefficient (Wildman–Crippen LogP) is 3.19. The van der Waals surface area contributed by atoms with Gasteiger partial charge in [-0.25, -0.2) is 4.39 Å². The zero-order chi connectivity index (χ0) is 15.9. The lowest BCUT2D eigenvalue weighted by Gasteiger charge is -2.20. The standard InChI is InChI=1S/C17H24FNO3/c1-3-15(22-13-6-4-5-7-13)17(20)19-11-12-8-9-16(21-2)14(18)10-12/h8-10,13,15H,3-7,11H2,1-2H3,(H,19,20). The number of carbonyl (C=O) groups excluding carboxylic acids is 1. The van der Waals surface area contributed by atoms with Crippen LogP contribution in [-0.4, -0.2) is 25.2 Å². The third kappa shape index (κ3) is 4.44. The Morgan fingerprint density at radius 3 is 2.73 bits per heavy atom.